The molecule has 0 fully saturated rings. The van der Waals surface area contributed by atoms with Crippen LogP contribution < -0.4 is 5.32 Å². The van der Waals surface area contributed by atoms with Gasteiger partial charge in [0.15, 0.2) is 0 Å². The molecule has 4 nitrogen and oxygen atoms in total. The van der Waals surface area contributed by atoms with Gasteiger partial charge in [-0.2, -0.15) is 0 Å². The maximum absolute atomic E-state index is 8.81. The Bertz CT molecular complexity index is 611. The molecule has 5 heteroatoms. The summed E-state index contributed by atoms with van der Waals surface area (Å²) in [6, 6.07) is 0. The second-order valence-corrected chi connectivity index (χ2v) is 7.05. The Morgan fingerprint density at radius 1 is 1.33 bits per heavy atom. The molecule has 0 unspecified atom stereocenters. The smallest absolute Gasteiger partial charge is 0.138 e. The average Bonchev–Trinajstić information content (AvgIpc) is 2.85. The van der Waals surface area contributed by atoms with Crippen LogP contribution in [0.2, 0.25) is 0 Å². The monoisotopic (exact) mass is 305 g/mol. The van der Waals surface area contributed by atoms with Crippen LogP contribution in [0.5, 0.6) is 0 Å². The largest absolute Gasteiger partial charge is 0.396 e. The van der Waals surface area contributed by atoms with E-state index in [0.29, 0.717) is 0 Å². The number of rotatable bonds is 6. The number of hydrogen-bond acceptors (Lipinski definition) is 5. The number of nitrogens with zero attached hydrogens (tertiary/aromatic N) is 2. The van der Waals surface area contributed by atoms with E-state index in [4.69, 9.17) is 5.11 Å². The molecule has 21 heavy (non-hydrogen) atoms. The van der Waals surface area contributed by atoms with Crippen LogP contribution in [0.15, 0.2) is 6.33 Å². The Labute approximate surface area is 129 Å². The molecule has 0 amide bonds. The number of nitrogens with one attached hydrogen (secondary N) is 1. The first-order chi connectivity index (χ1) is 10.3. The summed E-state index contributed by atoms with van der Waals surface area (Å²) in [5, 5.41) is 13.5. The first-order valence-corrected chi connectivity index (χ1v) is 8.71. The predicted molar refractivity (Wildman–Crippen MR) is 88.0 cm³/mol. The number of aromatic nitrogens is 2. The number of hydrogen-bond donors (Lipinski definition) is 2. The van der Waals surface area contributed by atoms with Crippen molar-refractivity contribution in [2.75, 3.05) is 18.5 Å². The van der Waals surface area contributed by atoms with E-state index in [9.17, 15) is 0 Å². The van der Waals surface area contributed by atoms with Gasteiger partial charge in [-0.25, -0.2) is 9.97 Å². The molecule has 2 aromatic rings. The minimum absolute atomic E-state index is 0.286. The van der Waals surface area contributed by atoms with Crippen molar-refractivity contribution in [1.82, 2.24) is 9.97 Å². The highest BCUT2D eigenvalue weighted by molar-refractivity contribution is 7.19. The van der Waals surface area contributed by atoms with Crippen molar-refractivity contribution in [2.24, 2.45) is 5.92 Å². The van der Waals surface area contributed by atoms with Gasteiger partial charge in [-0.3, -0.25) is 0 Å². The SMILES string of the molecule is C[C@@H]1CCc2c(sc3ncnc(NCCCCCO)c23)C1. The quantitative estimate of drug-likeness (QED) is 0.803. The highest BCUT2D eigenvalue weighted by Crippen LogP contribution is 2.39. The third-order valence-corrected chi connectivity index (χ3v) is 5.38. The zero-order valence-corrected chi connectivity index (χ0v) is 13.4. The first-order valence-electron chi connectivity index (χ1n) is 7.89. The summed E-state index contributed by atoms with van der Waals surface area (Å²) in [6.45, 7) is 3.53. The van der Waals surface area contributed by atoms with E-state index in [1.807, 2.05) is 11.3 Å². The summed E-state index contributed by atoms with van der Waals surface area (Å²) >= 11 is 1.84. The van der Waals surface area contributed by atoms with Crippen LogP contribution in [0.25, 0.3) is 10.2 Å². The minimum Gasteiger partial charge on any atom is -0.396 e. The van der Waals surface area contributed by atoms with Gasteiger partial charge in [-0.05, 0) is 50.0 Å². The lowest BCUT2D eigenvalue weighted by Crippen LogP contribution is -2.10. The van der Waals surface area contributed by atoms with Crippen LogP contribution in [0.1, 0.15) is 43.0 Å². The van der Waals surface area contributed by atoms with Gasteiger partial charge in [0.2, 0.25) is 0 Å². The van der Waals surface area contributed by atoms with Crippen molar-refractivity contribution in [3.63, 3.8) is 0 Å². The number of aliphatic hydroxyl groups is 1. The minimum atomic E-state index is 0.286. The molecule has 114 valence electrons. The Balaban J connectivity index is 1.79. The third-order valence-electron chi connectivity index (χ3n) is 4.22. The van der Waals surface area contributed by atoms with E-state index in [1.54, 1.807) is 6.33 Å². The Hall–Kier alpha value is -1.20. The van der Waals surface area contributed by atoms with E-state index in [0.717, 1.165) is 48.8 Å². The lowest BCUT2D eigenvalue weighted by atomic mass is 9.89. The third kappa shape index (κ3) is 3.19. The van der Waals surface area contributed by atoms with Gasteiger partial charge in [0.1, 0.15) is 17.0 Å². The molecule has 1 aliphatic rings. The number of unbranched alkanes of at least 4 members (excludes halogenated alkanes) is 2. The molecule has 1 atom stereocenters. The number of thiophene rings is 1. The predicted octanol–water partition coefficient (Wildman–Crippen LogP) is 3.39. The van der Waals surface area contributed by atoms with Crippen molar-refractivity contribution in [2.45, 2.75) is 45.4 Å². The topological polar surface area (TPSA) is 58.0 Å². The molecule has 0 saturated heterocycles. The van der Waals surface area contributed by atoms with Gasteiger partial charge in [-0.1, -0.05) is 6.92 Å². The molecule has 3 rings (SSSR count). The second kappa shape index (κ2) is 6.71. The molecule has 0 spiro atoms. The van der Waals surface area contributed by atoms with Crippen LogP contribution >= 0.6 is 11.3 Å². The van der Waals surface area contributed by atoms with Gasteiger partial charge in [0.25, 0.3) is 0 Å². The van der Waals surface area contributed by atoms with Crippen LogP contribution in [0, 0.1) is 5.92 Å². The standard InChI is InChI=1S/C16H23N3OS/c1-11-5-6-12-13(9-11)21-16-14(12)15(18-10-19-16)17-7-3-2-4-8-20/h10-11,20H,2-9H2,1H3,(H,17,18,19)/t11-/m1/s1. The van der Waals surface area contributed by atoms with Gasteiger partial charge >= 0.3 is 0 Å². The molecule has 2 N–H and O–H groups in total. The number of anilines is 1. The summed E-state index contributed by atoms with van der Waals surface area (Å²) in [6.07, 6.45) is 8.28. The molecular weight excluding hydrogens is 282 g/mol. The van der Waals surface area contributed by atoms with E-state index in [1.165, 1.54) is 28.7 Å². The van der Waals surface area contributed by atoms with Crippen LogP contribution in [0.3, 0.4) is 0 Å². The van der Waals surface area contributed by atoms with Crippen molar-refractivity contribution in [1.29, 1.82) is 0 Å². The summed E-state index contributed by atoms with van der Waals surface area (Å²) in [5.41, 5.74) is 1.48. The molecular formula is C16H23N3OS. The summed E-state index contributed by atoms with van der Waals surface area (Å²) in [4.78, 5) is 11.6. The van der Waals surface area contributed by atoms with E-state index in [2.05, 4.69) is 22.2 Å². The zero-order chi connectivity index (χ0) is 14.7. The van der Waals surface area contributed by atoms with Crippen molar-refractivity contribution in [3.05, 3.63) is 16.8 Å². The average molecular weight is 305 g/mol. The van der Waals surface area contributed by atoms with Gasteiger partial charge in [0, 0.05) is 18.0 Å². The summed E-state index contributed by atoms with van der Waals surface area (Å²) in [5.74, 6) is 1.78. The fourth-order valence-electron chi connectivity index (χ4n) is 3.03. The number of aryl methyl sites for hydroxylation is 1. The number of fused-ring (bicyclic) bond motifs is 3. The zero-order valence-electron chi connectivity index (χ0n) is 12.6. The first kappa shape index (κ1) is 14.7. The van der Waals surface area contributed by atoms with E-state index in [-0.39, 0.29) is 6.61 Å². The van der Waals surface area contributed by atoms with Crippen LogP contribution in [0.4, 0.5) is 5.82 Å². The fourth-order valence-corrected chi connectivity index (χ4v) is 4.38. The number of aliphatic hydroxyl groups excluding tert-OH is 1. The van der Waals surface area contributed by atoms with E-state index >= 15 is 0 Å². The van der Waals surface area contributed by atoms with Crippen molar-refractivity contribution >= 4 is 27.4 Å². The highest BCUT2D eigenvalue weighted by Gasteiger charge is 2.22. The highest BCUT2D eigenvalue weighted by atomic mass is 32.1. The molecule has 0 saturated carbocycles. The molecule has 2 aromatic heterocycles. The Morgan fingerprint density at radius 3 is 3.10 bits per heavy atom. The molecule has 0 bridgehead atoms. The Kier molecular flexibility index (Phi) is 4.70. The molecule has 0 aliphatic heterocycles. The molecule has 0 aromatic carbocycles. The van der Waals surface area contributed by atoms with Crippen LogP contribution in [-0.4, -0.2) is 28.2 Å². The molecule has 2 heterocycles. The molecule has 1 aliphatic carbocycles. The van der Waals surface area contributed by atoms with Crippen LogP contribution in [-0.2, 0) is 12.8 Å². The maximum Gasteiger partial charge on any atom is 0.138 e. The fraction of sp³-hybridized carbons (Fsp3) is 0.625. The Morgan fingerprint density at radius 2 is 2.24 bits per heavy atom. The maximum atomic E-state index is 8.81. The summed E-state index contributed by atoms with van der Waals surface area (Å²) < 4.78 is 0. The van der Waals surface area contributed by atoms with Gasteiger partial charge in [-0.15, -0.1) is 11.3 Å². The van der Waals surface area contributed by atoms with Crippen molar-refractivity contribution in [3.8, 4) is 0 Å². The molecule has 0 radical (unpaired) electrons. The summed E-state index contributed by atoms with van der Waals surface area (Å²) in [7, 11) is 0. The van der Waals surface area contributed by atoms with Gasteiger partial charge in [0.05, 0.1) is 5.39 Å². The van der Waals surface area contributed by atoms with Gasteiger partial charge < -0.3 is 10.4 Å². The lowest BCUT2D eigenvalue weighted by Gasteiger charge is -2.18. The second-order valence-electron chi connectivity index (χ2n) is 5.97. The van der Waals surface area contributed by atoms with Crippen molar-refractivity contribution < 1.29 is 5.11 Å². The van der Waals surface area contributed by atoms with E-state index < -0.39 is 0 Å². The normalized spacial score (nSPS) is 17.9. The lowest BCUT2D eigenvalue weighted by molar-refractivity contribution is 0.283.